The highest BCUT2D eigenvalue weighted by molar-refractivity contribution is 7.92. The minimum Gasteiger partial charge on any atom is -0.445 e. The van der Waals surface area contributed by atoms with Gasteiger partial charge in [0.15, 0.2) is 9.84 Å². The molecule has 0 radical (unpaired) electrons. The maximum absolute atomic E-state index is 13.7. The lowest BCUT2D eigenvalue weighted by Gasteiger charge is -2.34. The largest absolute Gasteiger partial charge is 0.445 e. The van der Waals surface area contributed by atoms with Gasteiger partial charge >= 0.3 is 6.09 Å². The fraction of sp³-hybridized carbons (Fsp3) is 0.571. The highest BCUT2D eigenvalue weighted by Crippen LogP contribution is 2.44. The maximum Gasteiger partial charge on any atom is 0.410 e. The molecule has 1 aliphatic carbocycles. The lowest BCUT2D eigenvalue weighted by atomic mass is 9.98. The number of hydrogen-bond acceptors (Lipinski definition) is 7. The predicted octanol–water partition coefficient (Wildman–Crippen LogP) is 3.86. The summed E-state index contributed by atoms with van der Waals surface area (Å²) in [4.78, 5) is 19.8. The summed E-state index contributed by atoms with van der Waals surface area (Å²) >= 11 is 0. The molecule has 3 fully saturated rings. The number of aryl methyl sites for hydroxylation is 2. The van der Waals surface area contributed by atoms with E-state index in [1.54, 1.807) is 0 Å². The SMILES string of the molecule is Cc1cc(C)c(S(=O)(=O)[C@@H]2NC[C@H]3C[C@H](N(CC4CCOCC4)C(=O)OCc4ccccc4)C[C@@H]32)cn1. The molecule has 4 atom stereocenters. The third kappa shape index (κ3) is 5.68. The van der Waals surface area contributed by atoms with Crippen molar-refractivity contribution in [2.24, 2.45) is 17.8 Å². The smallest absolute Gasteiger partial charge is 0.410 e. The summed E-state index contributed by atoms with van der Waals surface area (Å²) in [6, 6.07) is 11.5. The molecule has 1 N–H and O–H groups in total. The maximum atomic E-state index is 13.7. The molecule has 9 heteroatoms. The van der Waals surface area contributed by atoms with Crippen molar-refractivity contribution >= 4 is 15.9 Å². The van der Waals surface area contributed by atoms with Crippen molar-refractivity contribution in [2.45, 2.75) is 62.4 Å². The van der Waals surface area contributed by atoms with Gasteiger partial charge < -0.3 is 19.7 Å². The molecule has 8 nitrogen and oxygen atoms in total. The Balaban J connectivity index is 1.32. The van der Waals surface area contributed by atoms with E-state index < -0.39 is 15.2 Å². The number of nitrogens with zero attached hydrogens (tertiary/aromatic N) is 2. The number of rotatable bonds is 7. The third-order valence-electron chi connectivity index (χ3n) is 8.21. The minimum atomic E-state index is -3.61. The number of aromatic nitrogens is 1. The Morgan fingerprint density at radius 3 is 2.65 bits per heavy atom. The Hall–Kier alpha value is -2.49. The van der Waals surface area contributed by atoms with Gasteiger partial charge in [-0.05, 0) is 81.0 Å². The summed E-state index contributed by atoms with van der Waals surface area (Å²) in [5.41, 5.74) is 2.47. The molecule has 2 aliphatic heterocycles. The summed E-state index contributed by atoms with van der Waals surface area (Å²) in [6.45, 7) is 6.58. The van der Waals surface area contributed by atoms with Gasteiger partial charge in [-0.2, -0.15) is 0 Å². The first-order valence-corrected chi connectivity index (χ1v) is 14.8. The van der Waals surface area contributed by atoms with Crippen molar-refractivity contribution < 1.29 is 22.7 Å². The van der Waals surface area contributed by atoms with E-state index >= 15 is 0 Å². The fourth-order valence-corrected chi connectivity index (χ4v) is 8.34. The number of fused-ring (bicyclic) bond motifs is 1. The number of pyridine rings is 1. The van der Waals surface area contributed by atoms with Gasteiger partial charge in [-0.15, -0.1) is 0 Å². The number of carbonyl (C=O) groups excluding carboxylic acids is 1. The second-order valence-corrected chi connectivity index (χ2v) is 12.8. The lowest BCUT2D eigenvalue weighted by Crippen LogP contribution is -2.45. The topological polar surface area (TPSA) is 97.8 Å². The van der Waals surface area contributed by atoms with Crippen molar-refractivity contribution in [3.05, 3.63) is 59.4 Å². The zero-order valence-electron chi connectivity index (χ0n) is 21.6. The predicted molar refractivity (Wildman–Crippen MR) is 140 cm³/mol. The molecule has 37 heavy (non-hydrogen) atoms. The second-order valence-electron chi connectivity index (χ2n) is 10.8. The van der Waals surface area contributed by atoms with Gasteiger partial charge in [0.25, 0.3) is 0 Å². The average Bonchev–Trinajstić information content (AvgIpc) is 3.48. The summed E-state index contributed by atoms with van der Waals surface area (Å²) in [5.74, 6) is 0.495. The van der Waals surface area contributed by atoms with Crippen LogP contribution in [0.5, 0.6) is 0 Å². The summed E-state index contributed by atoms with van der Waals surface area (Å²) < 4.78 is 38.6. The van der Waals surface area contributed by atoms with Crippen LogP contribution in [0.4, 0.5) is 4.79 Å². The zero-order chi connectivity index (χ0) is 26.0. The van der Waals surface area contributed by atoms with Crippen LogP contribution in [0.15, 0.2) is 47.5 Å². The lowest BCUT2D eigenvalue weighted by molar-refractivity contribution is 0.0352. The molecular weight excluding hydrogens is 490 g/mol. The van der Waals surface area contributed by atoms with Crippen LogP contribution >= 0.6 is 0 Å². The molecular formula is C28H37N3O5S. The molecule has 2 aromatic rings. The van der Waals surface area contributed by atoms with Crippen LogP contribution in [0.25, 0.3) is 0 Å². The van der Waals surface area contributed by atoms with E-state index in [1.807, 2.05) is 55.1 Å². The number of nitrogens with one attached hydrogen (secondary N) is 1. The van der Waals surface area contributed by atoms with Crippen LogP contribution in [0, 0.1) is 31.6 Å². The van der Waals surface area contributed by atoms with Crippen LogP contribution < -0.4 is 5.32 Å². The first kappa shape index (κ1) is 26.1. The molecule has 0 unspecified atom stereocenters. The fourth-order valence-electron chi connectivity index (χ4n) is 6.25. The highest BCUT2D eigenvalue weighted by atomic mass is 32.2. The first-order valence-electron chi connectivity index (χ1n) is 13.3. The normalized spacial score (nSPS) is 26.1. The Bertz CT molecular complexity index is 1200. The van der Waals surface area contributed by atoms with Crippen molar-refractivity contribution in [1.82, 2.24) is 15.2 Å². The van der Waals surface area contributed by atoms with Crippen LogP contribution in [0.1, 0.15) is 42.5 Å². The first-order chi connectivity index (χ1) is 17.8. The Morgan fingerprint density at radius 2 is 1.92 bits per heavy atom. The van der Waals surface area contributed by atoms with Crippen LogP contribution in [0.3, 0.4) is 0 Å². The van der Waals surface area contributed by atoms with E-state index in [9.17, 15) is 13.2 Å². The van der Waals surface area contributed by atoms with Gasteiger partial charge in [0.05, 0.1) is 4.90 Å². The van der Waals surface area contributed by atoms with Crippen molar-refractivity contribution in [2.75, 3.05) is 26.3 Å². The van der Waals surface area contributed by atoms with E-state index in [0.717, 1.165) is 36.1 Å². The molecule has 1 aromatic heterocycles. The number of benzene rings is 1. The second kappa shape index (κ2) is 11.1. The van der Waals surface area contributed by atoms with E-state index in [-0.39, 0.29) is 30.6 Å². The number of carbonyl (C=O) groups is 1. The Morgan fingerprint density at radius 1 is 1.16 bits per heavy atom. The molecule has 3 aliphatic rings. The molecule has 1 saturated carbocycles. The number of hydrogen-bond donors (Lipinski definition) is 1. The van der Waals surface area contributed by atoms with Gasteiger partial charge in [0.2, 0.25) is 0 Å². The molecule has 5 rings (SSSR count). The third-order valence-corrected chi connectivity index (χ3v) is 10.4. The molecule has 3 heterocycles. The number of ether oxygens (including phenoxy) is 2. The number of sulfone groups is 1. The van der Waals surface area contributed by atoms with Crippen LogP contribution in [-0.2, 0) is 25.9 Å². The van der Waals surface area contributed by atoms with Gasteiger partial charge in [0, 0.05) is 37.7 Å². The molecule has 1 aromatic carbocycles. The van der Waals surface area contributed by atoms with E-state index in [1.165, 1.54) is 6.20 Å². The molecule has 200 valence electrons. The van der Waals surface area contributed by atoms with Gasteiger partial charge in [-0.1, -0.05) is 30.3 Å². The monoisotopic (exact) mass is 527 g/mol. The van der Waals surface area contributed by atoms with E-state index in [2.05, 4.69) is 10.3 Å². The Kier molecular flexibility index (Phi) is 7.83. The van der Waals surface area contributed by atoms with Crippen LogP contribution in [0.2, 0.25) is 0 Å². The van der Waals surface area contributed by atoms with Crippen LogP contribution in [-0.4, -0.2) is 62.1 Å². The van der Waals surface area contributed by atoms with Gasteiger partial charge in [0.1, 0.15) is 12.0 Å². The van der Waals surface area contributed by atoms with Crippen molar-refractivity contribution in [3.63, 3.8) is 0 Å². The van der Waals surface area contributed by atoms with Gasteiger partial charge in [-0.3, -0.25) is 4.98 Å². The van der Waals surface area contributed by atoms with Crippen molar-refractivity contribution in [3.8, 4) is 0 Å². The quantitative estimate of drug-likeness (QED) is 0.584. The minimum absolute atomic E-state index is 0.0434. The average molecular weight is 528 g/mol. The van der Waals surface area contributed by atoms with E-state index in [0.29, 0.717) is 43.5 Å². The summed E-state index contributed by atoms with van der Waals surface area (Å²) in [6.07, 6.45) is 4.42. The summed E-state index contributed by atoms with van der Waals surface area (Å²) in [5, 5.41) is 2.62. The molecule has 0 bridgehead atoms. The molecule has 2 saturated heterocycles. The standard InChI is InChI=1S/C28H37N3O5S/c1-19-12-20(2)29-16-26(19)37(33,34)27-25-14-24(13-23(25)15-30-27)31(17-21-8-10-35-11-9-21)28(32)36-18-22-6-4-3-5-7-22/h3-7,12,16,21,23-25,27,30H,8-11,13-15,17-18H2,1-2H3/t23-,24+,25+,27+/m1/s1. The van der Waals surface area contributed by atoms with Gasteiger partial charge in [-0.25, -0.2) is 13.2 Å². The highest BCUT2D eigenvalue weighted by Gasteiger charge is 2.51. The zero-order valence-corrected chi connectivity index (χ0v) is 22.5. The number of amides is 1. The van der Waals surface area contributed by atoms with E-state index in [4.69, 9.17) is 9.47 Å². The molecule has 1 amide bonds. The summed E-state index contributed by atoms with van der Waals surface area (Å²) in [7, 11) is -3.61. The van der Waals surface area contributed by atoms with Crippen molar-refractivity contribution in [1.29, 1.82) is 0 Å². The molecule has 0 spiro atoms. The Labute approximate surface area is 219 Å².